The van der Waals surface area contributed by atoms with Crippen molar-refractivity contribution in [3.8, 4) is 11.4 Å². The maximum atomic E-state index is 14.5. The van der Waals surface area contributed by atoms with Crippen LogP contribution in [-0.2, 0) is 14.9 Å². The topological polar surface area (TPSA) is 115 Å². The van der Waals surface area contributed by atoms with Gasteiger partial charge in [-0.2, -0.15) is 18.3 Å². The van der Waals surface area contributed by atoms with E-state index in [4.69, 9.17) is 9.47 Å². The number of ether oxygens (including phenoxy) is 2. The summed E-state index contributed by atoms with van der Waals surface area (Å²) < 4.78 is 69.4. The zero-order valence-corrected chi connectivity index (χ0v) is 25.7. The van der Waals surface area contributed by atoms with Crippen molar-refractivity contribution in [2.75, 3.05) is 25.6 Å². The summed E-state index contributed by atoms with van der Waals surface area (Å²) in [6, 6.07) is 12.9. The first-order chi connectivity index (χ1) is 21.6. The fraction of sp³-hybridized carbons (Fsp3) is 0.364. The third-order valence-corrected chi connectivity index (χ3v) is 8.15. The molecule has 1 aliphatic heterocycles. The van der Waals surface area contributed by atoms with E-state index in [1.165, 1.54) is 33.2 Å². The van der Waals surface area contributed by atoms with Gasteiger partial charge in [0.25, 0.3) is 5.91 Å². The van der Waals surface area contributed by atoms with Crippen molar-refractivity contribution in [1.82, 2.24) is 15.1 Å². The highest BCUT2D eigenvalue weighted by molar-refractivity contribution is 5.98. The fourth-order valence-electron chi connectivity index (χ4n) is 5.81. The van der Waals surface area contributed by atoms with E-state index in [1.54, 1.807) is 48.0 Å². The maximum absolute atomic E-state index is 14.5. The van der Waals surface area contributed by atoms with Crippen molar-refractivity contribution >= 4 is 28.5 Å². The monoisotopic (exact) mass is 642 g/mol. The molecule has 0 bridgehead atoms. The summed E-state index contributed by atoms with van der Waals surface area (Å²) in [4.78, 5) is 24.6. The molecule has 0 radical (unpaired) electrons. The average Bonchev–Trinajstić information content (AvgIpc) is 3.60. The SMILES string of the molecule is COc1ccc(F)cc1C(C)(C)CC(O)(CNc1cc(C)cc2c1cnn2-c1cccc(C(=O)NC2CCOC2=O)c1)C(F)(F)F. The summed E-state index contributed by atoms with van der Waals surface area (Å²) in [5, 5.41) is 21.5. The number of cyclic esters (lactones) is 1. The van der Waals surface area contributed by atoms with Crippen LogP contribution in [0.1, 0.15) is 48.2 Å². The van der Waals surface area contributed by atoms with Crippen LogP contribution in [0.5, 0.6) is 5.75 Å². The van der Waals surface area contributed by atoms with Gasteiger partial charge in [0.2, 0.25) is 0 Å². The van der Waals surface area contributed by atoms with E-state index in [1.807, 2.05) is 0 Å². The molecular formula is C33H34F4N4O5. The third-order valence-electron chi connectivity index (χ3n) is 8.15. The van der Waals surface area contributed by atoms with Crippen molar-refractivity contribution in [2.45, 2.75) is 56.8 Å². The minimum Gasteiger partial charge on any atom is -0.496 e. The van der Waals surface area contributed by atoms with Gasteiger partial charge in [-0.25, -0.2) is 13.9 Å². The van der Waals surface area contributed by atoms with E-state index in [0.717, 1.165) is 12.1 Å². The maximum Gasteiger partial charge on any atom is 0.418 e. The molecule has 9 nitrogen and oxygen atoms in total. The quantitative estimate of drug-likeness (QED) is 0.152. The normalized spacial score (nSPS) is 16.6. The summed E-state index contributed by atoms with van der Waals surface area (Å²) >= 11 is 0. The largest absolute Gasteiger partial charge is 0.496 e. The number of anilines is 1. The number of nitrogens with one attached hydrogen (secondary N) is 2. The lowest BCUT2D eigenvalue weighted by Gasteiger charge is -2.38. The molecule has 2 atom stereocenters. The van der Waals surface area contributed by atoms with Crippen molar-refractivity contribution < 1.29 is 41.7 Å². The van der Waals surface area contributed by atoms with Crippen LogP contribution >= 0.6 is 0 Å². The standard InChI is InChI=1S/C33H34F4N4O5/c1-19-12-26(38-18-32(44,33(35,36)37)17-31(2,3)24-15-21(34)8-9-28(24)45-4)23-16-39-41(27(23)13-19)22-7-5-6-20(14-22)29(42)40-25-10-11-46-30(25)43/h5-9,12-16,25,38,44H,10-11,17-18H2,1-4H3,(H,40,42). The second-order valence-electron chi connectivity index (χ2n) is 12.1. The first-order valence-electron chi connectivity index (χ1n) is 14.6. The molecule has 2 heterocycles. The molecule has 2 unspecified atom stereocenters. The number of rotatable bonds is 10. The molecule has 0 saturated carbocycles. The van der Waals surface area contributed by atoms with Gasteiger partial charge >= 0.3 is 12.1 Å². The highest BCUT2D eigenvalue weighted by atomic mass is 19.4. The third kappa shape index (κ3) is 6.50. The average molecular weight is 643 g/mol. The second-order valence-corrected chi connectivity index (χ2v) is 12.1. The number of carbonyl (C=O) groups is 2. The Balaban J connectivity index is 1.43. The highest BCUT2D eigenvalue weighted by Crippen LogP contribution is 2.44. The molecule has 1 fully saturated rings. The Morgan fingerprint density at radius 1 is 1.15 bits per heavy atom. The molecule has 3 aromatic carbocycles. The molecule has 46 heavy (non-hydrogen) atoms. The molecule has 3 N–H and O–H groups in total. The number of nitrogens with zero attached hydrogens (tertiary/aromatic N) is 2. The molecular weight excluding hydrogens is 608 g/mol. The molecule has 13 heteroatoms. The number of carbonyl (C=O) groups excluding carboxylic acids is 2. The summed E-state index contributed by atoms with van der Waals surface area (Å²) in [5.74, 6) is -1.39. The van der Waals surface area contributed by atoms with Crippen molar-refractivity contribution in [3.05, 3.63) is 83.3 Å². The fourth-order valence-corrected chi connectivity index (χ4v) is 5.81. The number of halogens is 4. The minimum atomic E-state index is -5.04. The van der Waals surface area contributed by atoms with Gasteiger partial charge in [0.15, 0.2) is 5.60 Å². The number of aryl methyl sites for hydroxylation is 1. The van der Waals surface area contributed by atoms with Crippen LogP contribution < -0.4 is 15.4 Å². The van der Waals surface area contributed by atoms with E-state index in [9.17, 15) is 32.3 Å². The van der Waals surface area contributed by atoms with Crippen LogP contribution in [-0.4, -0.2) is 64.8 Å². The van der Waals surface area contributed by atoms with Crippen LogP contribution in [0.3, 0.4) is 0 Å². The van der Waals surface area contributed by atoms with Gasteiger partial charge in [-0.3, -0.25) is 4.79 Å². The van der Waals surface area contributed by atoms with Gasteiger partial charge in [0.05, 0.1) is 37.7 Å². The minimum absolute atomic E-state index is 0.191. The molecule has 0 aliphatic carbocycles. The lowest BCUT2D eigenvalue weighted by atomic mass is 9.74. The molecule has 0 spiro atoms. The number of aromatic nitrogens is 2. The summed E-state index contributed by atoms with van der Waals surface area (Å²) in [6.07, 6.45) is -3.98. The van der Waals surface area contributed by atoms with Crippen molar-refractivity contribution in [2.24, 2.45) is 0 Å². The molecule has 5 rings (SSSR count). The number of methoxy groups -OCH3 is 1. The highest BCUT2D eigenvalue weighted by Gasteiger charge is 2.56. The van der Waals surface area contributed by atoms with Gasteiger partial charge in [0, 0.05) is 28.6 Å². The summed E-state index contributed by atoms with van der Waals surface area (Å²) in [7, 11) is 1.34. The Hall–Kier alpha value is -4.65. The van der Waals surface area contributed by atoms with Crippen LogP contribution in [0.15, 0.2) is 60.8 Å². The zero-order valence-electron chi connectivity index (χ0n) is 25.7. The van der Waals surface area contributed by atoms with Gasteiger partial charge < -0.3 is 25.2 Å². The Bertz CT molecular complexity index is 1790. The molecule has 1 aromatic heterocycles. The number of hydrogen-bond donors (Lipinski definition) is 3. The molecule has 1 aliphatic rings. The smallest absolute Gasteiger partial charge is 0.418 e. The Kier molecular flexibility index (Phi) is 8.73. The van der Waals surface area contributed by atoms with Crippen LogP contribution in [0.4, 0.5) is 23.2 Å². The first-order valence-corrected chi connectivity index (χ1v) is 14.6. The van der Waals surface area contributed by atoms with Gasteiger partial charge in [0.1, 0.15) is 17.6 Å². The van der Waals surface area contributed by atoms with Crippen molar-refractivity contribution in [1.29, 1.82) is 0 Å². The predicted octanol–water partition coefficient (Wildman–Crippen LogP) is 5.60. The van der Waals surface area contributed by atoms with E-state index in [-0.39, 0.29) is 23.5 Å². The van der Waals surface area contributed by atoms with E-state index in [2.05, 4.69) is 15.7 Å². The summed E-state index contributed by atoms with van der Waals surface area (Å²) in [5.41, 5.74) is -2.04. The number of fused-ring (bicyclic) bond motifs is 1. The Morgan fingerprint density at radius 3 is 2.59 bits per heavy atom. The number of alkyl halides is 3. The number of aliphatic hydroxyl groups is 1. The summed E-state index contributed by atoms with van der Waals surface area (Å²) in [6.45, 7) is 4.08. The molecule has 244 valence electrons. The lowest BCUT2D eigenvalue weighted by Crippen LogP contribution is -2.53. The Morgan fingerprint density at radius 2 is 1.91 bits per heavy atom. The Labute approximate surface area is 262 Å². The zero-order chi connectivity index (χ0) is 33.4. The second kappa shape index (κ2) is 12.3. The van der Waals surface area contributed by atoms with E-state index < -0.39 is 53.9 Å². The van der Waals surface area contributed by atoms with Crippen LogP contribution in [0, 0.1) is 12.7 Å². The lowest BCUT2D eigenvalue weighted by molar-refractivity contribution is -0.260. The number of benzene rings is 3. The number of amides is 1. The molecule has 1 saturated heterocycles. The number of esters is 1. The van der Waals surface area contributed by atoms with Gasteiger partial charge in [-0.1, -0.05) is 19.9 Å². The van der Waals surface area contributed by atoms with Gasteiger partial charge in [-0.05, 0) is 72.9 Å². The van der Waals surface area contributed by atoms with Gasteiger partial charge in [-0.15, -0.1) is 0 Å². The number of hydrogen-bond acceptors (Lipinski definition) is 7. The predicted molar refractivity (Wildman–Crippen MR) is 163 cm³/mol. The van der Waals surface area contributed by atoms with E-state index >= 15 is 0 Å². The molecule has 4 aromatic rings. The van der Waals surface area contributed by atoms with E-state index in [0.29, 0.717) is 34.3 Å². The van der Waals surface area contributed by atoms with Crippen LogP contribution in [0.2, 0.25) is 0 Å². The van der Waals surface area contributed by atoms with Crippen molar-refractivity contribution in [3.63, 3.8) is 0 Å². The first kappa shape index (κ1) is 32.7. The molecule has 1 amide bonds. The van der Waals surface area contributed by atoms with Crippen LogP contribution in [0.25, 0.3) is 16.6 Å².